The molecule has 0 saturated heterocycles. The molecule has 0 saturated carbocycles. The van der Waals surface area contributed by atoms with E-state index >= 15 is 0 Å². The summed E-state index contributed by atoms with van der Waals surface area (Å²) in [5.74, 6) is 0.856. The highest BCUT2D eigenvalue weighted by Gasteiger charge is 2.04. The highest BCUT2D eigenvalue weighted by molar-refractivity contribution is 5.97. The van der Waals surface area contributed by atoms with E-state index in [1.807, 2.05) is 57.3 Å². The molecule has 0 fully saturated rings. The second-order valence-electron chi connectivity index (χ2n) is 4.46. The molecule has 0 spiro atoms. The van der Waals surface area contributed by atoms with Crippen LogP contribution in [0.2, 0.25) is 0 Å². The van der Waals surface area contributed by atoms with Crippen LogP contribution in [0.3, 0.4) is 0 Å². The number of hydrogen-bond acceptors (Lipinski definition) is 2. The predicted octanol–water partition coefficient (Wildman–Crippen LogP) is 4.83. The van der Waals surface area contributed by atoms with E-state index in [4.69, 9.17) is 4.42 Å². The molecule has 0 amide bonds. The minimum Gasteiger partial charge on any atom is -0.456 e. The molecule has 2 aromatic rings. The van der Waals surface area contributed by atoms with Gasteiger partial charge in [0.25, 0.3) is 0 Å². The van der Waals surface area contributed by atoms with Crippen LogP contribution in [0.5, 0.6) is 0 Å². The Balaban J connectivity index is 2.33. The van der Waals surface area contributed by atoms with Gasteiger partial charge in [0.15, 0.2) is 0 Å². The van der Waals surface area contributed by atoms with Crippen molar-refractivity contribution in [2.45, 2.75) is 20.8 Å². The summed E-state index contributed by atoms with van der Waals surface area (Å²) in [7, 11) is 0. The lowest BCUT2D eigenvalue weighted by atomic mass is 10.2. The van der Waals surface area contributed by atoms with Gasteiger partial charge in [-0.05, 0) is 38.5 Å². The summed E-state index contributed by atoms with van der Waals surface area (Å²) < 4.78 is 5.76. The molecule has 0 aliphatic carbocycles. The lowest BCUT2D eigenvalue weighted by molar-refractivity contribution is 0.599. The summed E-state index contributed by atoms with van der Waals surface area (Å²) >= 11 is 0. The third-order valence-electron chi connectivity index (χ3n) is 2.88. The van der Waals surface area contributed by atoms with E-state index in [9.17, 15) is 0 Å². The Kier molecular flexibility index (Phi) is 3.47. The monoisotopic (exact) mass is 239 g/mol. The van der Waals surface area contributed by atoms with Gasteiger partial charge in [-0.2, -0.15) is 0 Å². The van der Waals surface area contributed by atoms with Crippen LogP contribution in [0.4, 0.5) is 0 Å². The van der Waals surface area contributed by atoms with E-state index in [0.29, 0.717) is 0 Å². The molecule has 0 atom stereocenters. The Morgan fingerprint density at radius 2 is 1.94 bits per heavy atom. The van der Waals surface area contributed by atoms with E-state index in [2.05, 4.69) is 11.6 Å². The van der Waals surface area contributed by atoms with Crippen molar-refractivity contribution in [3.05, 3.63) is 54.4 Å². The van der Waals surface area contributed by atoms with Gasteiger partial charge in [-0.3, -0.25) is 4.99 Å². The maximum absolute atomic E-state index is 5.76. The first-order chi connectivity index (χ1) is 8.58. The van der Waals surface area contributed by atoms with Gasteiger partial charge in [-0.25, -0.2) is 0 Å². The Labute approximate surface area is 107 Å². The molecule has 0 bridgehead atoms. The summed E-state index contributed by atoms with van der Waals surface area (Å²) in [4.78, 5) is 4.37. The maximum Gasteiger partial charge on any atom is 0.134 e. The summed E-state index contributed by atoms with van der Waals surface area (Å²) in [5, 5.41) is 1.11. The first-order valence-corrected chi connectivity index (χ1v) is 5.94. The summed E-state index contributed by atoms with van der Waals surface area (Å²) in [6, 6.07) is 10.0. The molecule has 2 heteroatoms. The Bertz CT molecular complexity index is 611. The highest BCUT2D eigenvalue weighted by Crippen LogP contribution is 2.24. The second-order valence-corrected chi connectivity index (χ2v) is 4.46. The molecule has 18 heavy (non-hydrogen) atoms. The van der Waals surface area contributed by atoms with Crippen molar-refractivity contribution < 1.29 is 4.42 Å². The average Bonchev–Trinajstić information content (AvgIpc) is 2.79. The van der Waals surface area contributed by atoms with Crippen LogP contribution in [0.1, 0.15) is 26.5 Å². The van der Waals surface area contributed by atoms with Gasteiger partial charge in [0.2, 0.25) is 0 Å². The molecule has 2 rings (SSSR count). The van der Waals surface area contributed by atoms with E-state index in [1.54, 1.807) is 0 Å². The van der Waals surface area contributed by atoms with E-state index in [0.717, 1.165) is 33.6 Å². The number of allylic oxidation sites excluding steroid dienone is 2. The van der Waals surface area contributed by atoms with E-state index in [-0.39, 0.29) is 0 Å². The molecule has 0 unspecified atom stereocenters. The molecule has 0 aliphatic rings. The molecule has 0 aliphatic heterocycles. The van der Waals surface area contributed by atoms with Gasteiger partial charge in [-0.15, -0.1) is 0 Å². The van der Waals surface area contributed by atoms with Gasteiger partial charge in [-0.1, -0.05) is 24.8 Å². The Morgan fingerprint density at radius 3 is 2.61 bits per heavy atom. The third kappa shape index (κ3) is 2.59. The molecule has 1 heterocycles. The van der Waals surface area contributed by atoms with E-state index in [1.165, 1.54) is 0 Å². The molecule has 0 N–H and O–H groups in total. The second kappa shape index (κ2) is 5.05. The van der Waals surface area contributed by atoms with Crippen LogP contribution in [0.15, 0.2) is 58.1 Å². The molecule has 0 radical (unpaired) electrons. The Morgan fingerprint density at radius 1 is 1.22 bits per heavy atom. The van der Waals surface area contributed by atoms with Gasteiger partial charge in [0, 0.05) is 22.9 Å². The molecule has 92 valence electrons. The van der Waals surface area contributed by atoms with Crippen molar-refractivity contribution >= 4 is 22.3 Å². The van der Waals surface area contributed by atoms with Crippen molar-refractivity contribution in [1.29, 1.82) is 0 Å². The third-order valence-corrected chi connectivity index (χ3v) is 2.88. The zero-order valence-electron chi connectivity index (χ0n) is 11.0. The van der Waals surface area contributed by atoms with Crippen LogP contribution in [-0.2, 0) is 0 Å². The number of hydrogen-bond donors (Lipinski definition) is 0. The molecule has 1 aromatic heterocycles. The first kappa shape index (κ1) is 12.4. The number of furan rings is 1. The predicted molar refractivity (Wildman–Crippen MR) is 77.8 cm³/mol. The fraction of sp³-hybridized carbons (Fsp3) is 0.188. The average molecular weight is 239 g/mol. The standard InChI is InChI=1S/C16H17NO/c1-11(2)13(4)17-10-12(3)16-9-14-7-5-6-8-15(14)18-16/h5-10H,1H2,2-4H3/b12-10+,17-13?. The van der Waals surface area contributed by atoms with Crippen molar-refractivity contribution in [3.63, 3.8) is 0 Å². The Hall–Kier alpha value is -2.09. The van der Waals surface area contributed by atoms with E-state index < -0.39 is 0 Å². The number of rotatable bonds is 3. The number of fused-ring (bicyclic) bond motifs is 1. The van der Waals surface area contributed by atoms with Crippen LogP contribution in [-0.4, -0.2) is 5.71 Å². The van der Waals surface area contributed by atoms with Crippen molar-refractivity contribution in [2.24, 2.45) is 4.99 Å². The van der Waals surface area contributed by atoms with Crippen LogP contribution >= 0.6 is 0 Å². The molecule has 1 aromatic carbocycles. The summed E-state index contributed by atoms with van der Waals surface area (Å²) in [5.41, 5.74) is 3.82. The largest absolute Gasteiger partial charge is 0.456 e. The summed E-state index contributed by atoms with van der Waals surface area (Å²) in [6.45, 7) is 9.75. The number of para-hydroxylation sites is 1. The normalized spacial score (nSPS) is 13.1. The minimum absolute atomic E-state index is 0.856. The zero-order valence-corrected chi connectivity index (χ0v) is 11.0. The lowest BCUT2D eigenvalue weighted by Crippen LogP contribution is -1.89. The lowest BCUT2D eigenvalue weighted by Gasteiger charge is -1.96. The van der Waals surface area contributed by atoms with Crippen molar-refractivity contribution in [3.8, 4) is 0 Å². The molecular weight excluding hydrogens is 222 g/mol. The number of nitrogens with zero attached hydrogens (tertiary/aromatic N) is 1. The number of aliphatic imine (C=N–C) groups is 1. The fourth-order valence-electron chi connectivity index (χ4n) is 1.54. The van der Waals surface area contributed by atoms with Crippen LogP contribution < -0.4 is 0 Å². The van der Waals surface area contributed by atoms with Gasteiger partial charge >= 0.3 is 0 Å². The minimum atomic E-state index is 0.856. The van der Waals surface area contributed by atoms with Crippen LogP contribution in [0, 0.1) is 0 Å². The quantitative estimate of drug-likeness (QED) is 0.704. The number of benzene rings is 1. The fourth-order valence-corrected chi connectivity index (χ4v) is 1.54. The maximum atomic E-state index is 5.76. The van der Waals surface area contributed by atoms with Gasteiger partial charge in [0.1, 0.15) is 11.3 Å². The van der Waals surface area contributed by atoms with Crippen molar-refractivity contribution in [2.75, 3.05) is 0 Å². The summed E-state index contributed by atoms with van der Waals surface area (Å²) in [6.07, 6.45) is 1.82. The topological polar surface area (TPSA) is 25.5 Å². The molecule has 2 nitrogen and oxygen atoms in total. The molecular formula is C16H17NO. The SMILES string of the molecule is C=C(C)C(C)=N/C=C(\C)c1cc2ccccc2o1. The van der Waals surface area contributed by atoms with Crippen molar-refractivity contribution in [1.82, 2.24) is 0 Å². The highest BCUT2D eigenvalue weighted by atomic mass is 16.3. The first-order valence-electron chi connectivity index (χ1n) is 5.94. The van der Waals surface area contributed by atoms with Crippen LogP contribution in [0.25, 0.3) is 16.5 Å². The smallest absolute Gasteiger partial charge is 0.134 e. The van der Waals surface area contributed by atoms with Gasteiger partial charge < -0.3 is 4.42 Å². The zero-order chi connectivity index (χ0) is 13.1. The van der Waals surface area contributed by atoms with Gasteiger partial charge in [0.05, 0.1) is 0 Å².